The molecule has 0 atom stereocenters. The zero-order chi connectivity index (χ0) is 4.50. The summed E-state index contributed by atoms with van der Waals surface area (Å²) in [5, 5.41) is 0. The maximum Gasteiger partial charge on any atom is 1.00 e. The van der Waals surface area contributed by atoms with Crippen molar-refractivity contribution >= 4 is 14.5 Å². The van der Waals surface area contributed by atoms with E-state index in [2.05, 4.69) is 0 Å². The van der Waals surface area contributed by atoms with Gasteiger partial charge in [-0.15, -0.1) is 0 Å². The van der Waals surface area contributed by atoms with Crippen molar-refractivity contribution in [2.45, 2.75) is 0 Å². The van der Waals surface area contributed by atoms with Crippen LogP contribution < -0.4 is 29.6 Å². The Morgan fingerprint density at radius 3 is 1.00 bits per heavy atom. The van der Waals surface area contributed by atoms with Gasteiger partial charge in [0, 0.05) is 0 Å². The topological polar surface area (TPSA) is 172 Å². The summed E-state index contributed by atoms with van der Waals surface area (Å²) in [5.74, 6) is 0. The van der Waals surface area contributed by atoms with Crippen molar-refractivity contribution in [1.29, 1.82) is 0 Å². The van der Waals surface area contributed by atoms with Gasteiger partial charge in [-0.25, -0.2) is 0 Å². The van der Waals surface area contributed by atoms with E-state index in [0.29, 0.717) is 0 Å². The Balaban J connectivity index is -0.00000000800. The fourth-order valence-corrected chi connectivity index (χ4v) is 0. The third kappa shape index (κ3) is 369. The first kappa shape index (κ1) is 32.1. The second-order valence-corrected chi connectivity index (χ2v) is 2.67. The van der Waals surface area contributed by atoms with Crippen molar-refractivity contribution in [3.63, 3.8) is 0 Å². The molecule has 0 heterocycles. The van der Waals surface area contributed by atoms with Gasteiger partial charge in [-0.3, -0.25) is 0 Å². The molecule has 58 valence electrons. The van der Waals surface area contributed by atoms with Gasteiger partial charge < -0.3 is 17.9 Å². The van der Waals surface area contributed by atoms with Crippen molar-refractivity contribution in [3.05, 3.63) is 0 Å². The molecule has 0 aromatic rings. The van der Waals surface area contributed by atoms with Crippen LogP contribution in [0.15, 0.2) is 0 Å². The average Bonchev–Trinajstić information content (AvgIpc) is 0.722. The van der Waals surface area contributed by atoms with Gasteiger partial charge in [0.1, 0.15) is 0 Å². The molecule has 0 saturated heterocycles. The molecule has 0 rings (SSSR count). The third-order valence-electron chi connectivity index (χ3n) is 0. The van der Waals surface area contributed by atoms with Crippen LogP contribution in [0, 0.1) is 0 Å². The van der Waals surface area contributed by atoms with E-state index in [1.165, 1.54) is 0 Å². The second-order valence-electron chi connectivity index (χ2n) is 0.513. The fourth-order valence-electron chi connectivity index (χ4n) is 0. The van der Waals surface area contributed by atoms with E-state index in [0.717, 1.165) is 0 Å². The van der Waals surface area contributed by atoms with Gasteiger partial charge in [0.25, 0.3) is 0 Å². The van der Waals surface area contributed by atoms with Crippen LogP contribution in [0.4, 0.5) is 0 Å². The summed E-state index contributed by atoms with van der Waals surface area (Å²) in [4.78, 5) is 0. The first-order valence-corrected chi connectivity index (χ1v) is 4.07. The molecule has 9 heavy (non-hydrogen) atoms. The van der Waals surface area contributed by atoms with E-state index in [9.17, 15) is 0 Å². The number of hydrogen-bond donors (Lipinski definition) is 3. The molecule has 9 N–H and O–H groups in total. The summed E-state index contributed by atoms with van der Waals surface area (Å²) in [5.41, 5.74) is 0. The van der Waals surface area contributed by atoms with E-state index >= 15 is 0 Å². The molecule has 0 amide bonds. The van der Waals surface area contributed by atoms with Gasteiger partial charge in [-0.1, -0.05) is 0 Å². The summed E-state index contributed by atoms with van der Waals surface area (Å²) in [7, 11) is 0. The van der Waals surface area contributed by atoms with Crippen LogP contribution in [-0.2, 0) is 3.74 Å². The average molecular weight is 220 g/mol. The largest absolute Gasteiger partial charge is 1.00 e. The van der Waals surface area contributed by atoms with Crippen molar-refractivity contribution in [3.8, 4) is 0 Å². The SMILES string of the molecule is O.O.O.O=[As](O)(O)O.[H-].[Na+]. The number of hydrogen-bond acceptors (Lipinski definition) is 1. The van der Waals surface area contributed by atoms with Gasteiger partial charge in [-0.2, -0.15) is 0 Å². The van der Waals surface area contributed by atoms with Gasteiger partial charge in [-0.05, 0) is 0 Å². The maximum absolute atomic E-state index is 8.94. The Bertz CT molecular complexity index is 59.7. The zero-order valence-corrected chi connectivity index (χ0v) is 8.57. The van der Waals surface area contributed by atoms with Crippen molar-refractivity contribution < 1.29 is 63.4 Å². The molecule has 0 radical (unpaired) electrons. The Labute approximate surface area is 77.8 Å². The van der Waals surface area contributed by atoms with Crippen LogP contribution in [0.5, 0.6) is 0 Å². The van der Waals surface area contributed by atoms with Crippen LogP contribution in [-0.4, -0.2) is 43.2 Å². The minimum Gasteiger partial charge on any atom is -1.00 e. The van der Waals surface area contributed by atoms with Crippen LogP contribution in [0.2, 0.25) is 0 Å². The van der Waals surface area contributed by atoms with E-state index in [-0.39, 0.29) is 47.4 Å². The first-order chi connectivity index (χ1) is 2.00. The molecule has 0 aliphatic carbocycles. The molecule has 0 saturated carbocycles. The van der Waals surface area contributed by atoms with Crippen LogP contribution >= 0.6 is 0 Å². The molecule has 0 aromatic heterocycles. The molecule has 0 unspecified atom stereocenters. The van der Waals surface area contributed by atoms with Crippen molar-refractivity contribution in [2.24, 2.45) is 0 Å². The third-order valence-corrected chi connectivity index (χ3v) is 0. The smallest absolute Gasteiger partial charge is 1.00 e. The standard InChI is InChI=1S/AsH3O4.Na.3H2O.H/c2-1(3,4)5;;;;;/h(H3,2,3,4,5);;3*1H2;/q;+1;;;;-1. The van der Waals surface area contributed by atoms with Gasteiger partial charge in [0.05, 0.1) is 0 Å². The summed E-state index contributed by atoms with van der Waals surface area (Å²) >= 11 is -5.12. The normalized spacial score (nSPS) is 6.56. The predicted molar refractivity (Wildman–Crippen MR) is 25.1 cm³/mol. The molecule has 9 heteroatoms. The van der Waals surface area contributed by atoms with E-state index < -0.39 is 14.5 Å². The van der Waals surface area contributed by atoms with E-state index in [1.54, 1.807) is 0 Å². The molecular formula is H10AsNaO7. The maximum atomic E-state index is 8.94. The van der Waals surface area contributed by atoms with Crippen molar-refractivity contribution in [1.82, 2.24) is 0 Å². The Morgan fingerprint density at radius 1 is 1.00 bits per heavy atom. The fraction of sp³-hybridized carbons (Fsp3) is 0. The second kappa shape index (κ2) is 11.9. The van der Waals surface area contributed by atoms with Gasteiger partial charge >= 0.3 is 60.1 Å². The predicted octanol–water partition coefficient (Wildman–Crippen LogP) is -7.53. The Hall–Kier alpha value is 1.12. The molecule has 0 spiro atoms. The molecule has 0 fully saturated rings. The monoisotopic (exact) mass is 220 g/mol. The first-order valence-electron chi connectivity index (χ1n) is 0.783. The van der Waals surface area contributed by atoms with Gasteiger partial charge in [0.15, 0.2) is 0 Å². The van der Waals surface area contributed by atoms with E-state index in [4.69, 9.17) is 16.0 Å². The van der Waals surface area contributed by atoms with Gasteiger partial charge in [0.2, 0.25) is 0 Å². The molecule has 0 bridgehead atoms. The summed E-state index contributed by atoms with van der Waals surface area (Å²) in [6.45, 7) is 0. The molecule has 0 aromatic carbocycles. The summed E-state index contributed by atoms with van der Waals surface area (Å²) in [6, 6.07) is 0. The molecule has 0 aliphatic rings. The Kier molecular flexibility index (Phi) is 42.3. The minimum absolute atomic E-state index is 0. The zero-order valence-electron chi connectivity index (χ0n) is 5.70. The Morgan fingerprint density at radius 2 is 1.00 bits per heavy atom. The van der Waals surface area contributed by atoms with Crippen LogP contribution in [0.25, 0.3) is 0 Å². The molecule has 0 aliphatic heterocycles. The van der Waals surface area contributed by atoms with Crippen LogP contribution in [0.1, 0.15) is 1.43 Å². The minimum atomic E-state index is -5.12. The number of rotatable bonds is 0. The van der Waals surface area contributed by atoms with Crippen molar-refractivity contribution in [2.75, 3.05) is 0 Å². The summed E-state index contributed by atoms with van der Waals surface area (Å²) < 4.78 is 30.7. The summed E-state index contributed by atoms with van der Waals surface area (Å²) in [6.07, 6.45) is 0. The quantitative estimate of drug-likeness (QED) is 0.344. The van der Waals surface area contributed by atoms with Crippen LogP contribution in [0.3, 0.4) is 0 Å². The van der Waals surface area contributed by atoms with E-state index in [1.807, 2.05) is 0 Å². The molecular weight excluding hydrogens is 210 g/mol. The molecule has 7 nitrogen and oxygen atoms in total.